The summed E-state index contributed by atoms with van der Waals surface area (Å²) in [7, 11) is 0. The van der Waals surface area contributed by atoms with Gasteiger partial charge in [-0.05, 0) is 37.8 Å². The van der Waals surface area contributed by atoms with Crippen LogP contribution in [0.2, 0.25) is 0 Å². The van der Waals surface area contributed by atoms with Crippen LogP contribution < -0.4 is 5.32 Å². The van der Waals surface area contributed by atoms with Gasteiger partial charge < -0.3 is 10.4 Å². The first kappa shape index (κ1) is 14.2. The number of halogens is 3. The first-order valence-corrected chi connectivity index (χ1v) is 6.46. The zero-order valence-corrected chi connectivity index (χ0v) is 10.6. The third kappa shape index (κ3) is 3.41. The maximum Gasteiger partial charge on any atom is 0.391 e. The Labute approximate surface area is 110 Å². The summed E-state index contributed by atoms with van der Waals surface area (Å²) in [6, 6.07) is 9.29. The number of para-hydroxylation sites is 1. The van der Waals surface area contributed by atoms with Crippen LogP contribution >= 0.6 is 0 Å². The Hall–Kier alpha value is -1.23. The summed E-state index contributed by atoms with van der Waals surface area (Å²) in [6.07, 6.45) is -3.30. The number of hydrogen-bond acceptors (Lipinski definition) is 2. The molecule has 1 aromatic rings. The topological polar surface area (TPSA) is 32.3 Å². The summed E-state index contributed by atoms with van der Waals surface area (Å²) in [4.78, 5) is 0. The normalized spacial score (nSPS) is 28.1. The monoisotopic (exact) mass is 273 g/mol. The quantitative estimate of drug-likeness (QED) is 0.882. The molecule has 0 unspecified atom stereocenters. The van der Waals surface area contributed by atoms with Crippen molar-refractivity contribution in [1.82, 2.24) is 0 Å². The lowest BCUT2D eigenvalue weighted by Gasteiger charge is -2.40. The van der Waals surface area contributed by atoms with E-state index in [1.165, 1.54) is 0 Å². The molecule has 0 atom stereocenters. The molecule has 0 spiro atoms. The molecule has 2 N–H and O–H groups in total. The molecule has 19 heavy (non-hydrogen) atoms. The van der Waals surface area contributed by atoms with E-state index in [-0.39, 0.29) is 19.4 Å². The van der Waals surface area contributed by atoms with E-state index < -0.39 is 17.6 Å². The molecule has 0 bridgehead atoms. The van der Waals surface area contributed by atoms with Crippen molar-refractivity contribution in [3.63, 3.8) is 0 Å². The molecule has 2 nitrogen and oxygen atoms in total. The number of aliphatic hydroxyl groups excluding tert-OH is 1. The second-order valence-electron chi connectivity index (χ2n) is 5.25. The average Bonchev–Trinajstić information content (AvgIpc) is 2.39. The summed E-state index contributed by atoms with van der Waals surface area (Å²) in [5.74, 6) is -1.23. The van der Waals surface area contributed by atoms with Crippen LogP contribution in [0.3, 0.4) is 0 Å². The van der Waals surface area contributed by atoms with Gasteiger partial charge in [0.2, 0.25) is 0 Å². The predicted octanol–water partition coefficient (Wildman–Crippen LogP) is 3.58. The molecule has 0 saturated heterocycles. The minimum atomic E-state index is -4.12. The number of rotatable bonds is 3. The zero-order valence-electron chi connectivity index (χ0n) is 10.6. The van der Waals surface area contributed by atoms with Crippen LogP contribution in [0.1, 0.15) is 25.7 Å². The van der Waals surface area contributed by atoms with Crippen molar-refractivity contribution < 1.29 is 18.3 Å². The van der Waals surface area contributed by atoms with Crippen molar-refractivity contribution in [2.45, 2.75) is 37.4 Å². The lowest BCUT2D eigenvalue weighted by atomic mass is 9.76. The standard InChI is InChI=1S/C14H18F3NO/c15-14(16,17)11-6-8-13(10-19,9-7-11)18-12-4-2-1-3-5-12/h1-5,11,18-19H,6-10H2. The van der Waals surface area contributed by atoms with Gasteiger partial charge in [0.1, 0.15) is 0 Å². The van der Waals surface area contributed by atoms with E-state index in [1.54, 1.807) is 0 Å². The fourth-order valence-electron chi connectivity index (χ4n) is 2.65. The first-order valence-electron chi connectivity index (χ1n) is 6.46. The molecule has 0 aliphatic heterocycles. The van der Waals surface area contributed by atoms with Crippen LogP contribution in [-0.4, -0.2) is 23.4 Å². The lowest BCUT2D eigenvalue weighted by molar-refractivity contribution is -0.184. The number of alkyl halides is 3. The Morgan fingerprint density at radius 3 is 2.21 bits per heavy atom. The first-order chi connectivity index (χ1) is 8.95. The Balaban J connectivity index is 2.02. The van der Waals surface area contributed by atoms with Crippen LogP contribution in [0, 0.1) is 5.92 Å². The SMILES string of the molecule is OCC1(Nc2ccccc2)CCC(C(F)(F)F)CC1. The molecule has 1 aliphatic rings. The van der Waals surface area contributed by atoms with E-state index in [2.05, 4.69) is 5.32 Å². The van der Waals surface area contributed by atoms with Gasteiger partial charge in [-0.1, -0.05) is 18.2 Å². The van der Waals surface area contributed by atoms with Crippen molar-refractivity contribution in [3.05, 3.63) is 30.3 Å². The molecule has 106 valence electrons. The van der Waals surface area contributed by atoms with Gasteiger partial charge in [0, 0.05) is 5.69 Å². The van der Waals surface area contributed by atoms with Crippen LogP contribution in [0.25, 0.3) is 0 Å². The van der Waals surface area contributed by atoms with Crippen LogP contribution in [0.15, 0.2) is 30.3 Å². The number of aliphatic hydroxyl groups is 1. The smallest absolute Gasteiger partial charge is 0.391 e. The van der Waals surface area contributed by atoms with Gasteiger partial charge in [-0.3, -0.25) is 0 Å². The maximum absolute atomic E-state index is 12.6. The highest BCUT2D eigenvalue weighted by atomic mass is 19.4. The molecule has 1 fully saturated rings. The van der Waals surface area contributed by atoms with Crippen LogP contribution in [0.5, 0.6) is 0 Å². The van der Waals surface area contributed by atoms with Crippen molar-refractivity contribution in [1.29, 1.82) is 0 Å². The highest BCUT2D eigenvalue weighted by Crippen LogP contribution is 2.42. The fourth-order valence-corrected chi connectivity index (χ4v) is 2.65. The maximum atomic E-state index is 12.6. The molecule has 1 aromatic carbocycles. The van der Waals surface area contributed by atoms with Gasteiger partial charge in [0.25, 0.3) is 0 Å². The highest BCUT2D eigenvalue weighted by molar-refractivity contribution is 5.45. The molecular formula is C14H18F3NO. The molecular weight excluding hydrogens is 255 g/mol. The molecule has 0 heterocycles. The van der Waals surface area contributed by atoms with Gasteiger partial charge in [-0.2, -0.15) is 13.2 Å². The van der Waals surface area contributed by atoms with E-state index in [0.29, 0.717) is 12.8 Å². The summed E-state index contributed by atoms with van der Waals surface area (Å²) >= 11 is 0. The van der Waals surface area contributed by atoms with E-state index >= 15 is 0 Å². The largest absolute Gasteiger partial charge is 0.394 e. The molecule has 1 saturated carbocycles. The highest BCUT2D eigenvalue weighted by Gasteiger charge is 2.45. The second-order valence-corrected chi connectivity index (χ2v) is 5.25. The number of hydrogen-bond donors (Lipinski definition) is 2. The Bertz CT molecular complexity index is 397. The van der Waals surface area contributed by atoms with Gasteiger partial charge in [-0.25, -0.2) is 0 Å². The lowest BCUT2D eigenvalue weighted by Crippen LogP contribution is -2.47. The minimum absolute atomic E-state index is 0.0733. The van der Waals surface area contributed by atoms with Crippen molar-refractivity contribution in [2.75, 3.05) is 11.9 Å². The summed E-state index contributed by atoms with van der Waals surface area (Å²) in [5, 5.41) is 12.7. The second kappa shape index (κ2) is 5.41. The van der Waals surface area contributed by atoms with Gasteiger partial charge in [-0.15, -0.1) is 0 Å². The fraction of sp³-hybridized carbons (Fsp3) is 0.571. The van der Waals surface area contributed by atoms with Crippen LogP contribution in [-0.2, 0) is 0 Å². The van der Waals surface area contributed by atoms with Gasteiger partial charge >= 0.3 is 6.18 Å². The minimum Gasteiger partial charge on any atom is -0.394 e. The van der Waals surface area contributed by atoms with E-state index in [9.17, 15) is 18.3 Å². The molecule has 1 aliphatic carbocycles. The average molecular weight is 273 g/mol. The molecule has 5 heteroatoms. The van der Waals surface area contributed by atoms with Crippen molar-refractivity contribution >= 4 is 5.69 Å². The molecule has 2 rings (SSSR count). The molecule has 0 radical (unpaired) electrons. The third-order valence-electron chi connectivity index (χ3n) is 3.89. The molecule has 0 aromatic heterocycles. The van der Waals surface area contributed by atoms with Gasteiger partial charge in [0.15, 0.2) is 0 Å². The number of benzene rings is 1. The summed E-state index contributed by atoms with van der Waals surface area (Å²) in [5.41, 5.74) is 0.213. The van der Waals surface area contributed by atoms with E-state index in [4.69, 9.17) is 0 Å². The van der Waals surface area contributed by atoms with Gasteiger partial charge in [0.05, 0.1) is 18.1 Å². The van der Waals surface area contributed by atoms with E-state index in [0.717, 1.165) is 5.69 Å². The zero-order chi connectivity index (χ0) is 13.9. The van der Waals surface area contributed by atoms with Crippen LogP contribution in [0.4, 0.5) is 18.9 Å². The Morgan fingerprint density at radius 1 is 1.16 bits per heavy atom. The summed E-state index contributed by atoms with van der Waals surface area (Å²) < 4.78 is 37.9. The van der Waals surface area contributed by atoms with E-state index in [1.807, 2.05) is 30.3 Å². The third-order valence-corrected chi connectivity index (χ3v) is 3.89. The predicted molar refractivity (Wildman–Crippen MR) is 67.9 cm³/mol. The Morgan fingerprint density at radius 2 is 1.74 bits per heavy atom. The number of nitrogens with one attached hydrogen (secondary N) is 1. The number of anilines is 1. The summed E-state index contributed by atoms with van der Waals surface area (Å²) in [6.45, 7) is -0.146. The van der Waals surface area contributed by atoms with Crippen molar-refractivity contribution in [2.24, 2.45) is 5.92 Å². The Kier molecular flexibility index (Phi) is 4.04. The molecule has 0 amide bonds. The van der Waals surface area contributed by atoms with Crippen molar-refractivity contribution in [3.8, 4) is 0 Å².